The number of fused-ring (bicyclic) bond motifs is 1. The fourth-order valence-electron chi connectivity index (χ4n) is 1.76. The third-order valence-electron chi connectivity index (χ3n) is 2.61. The molecule has 1 amide bonds. The van der Waals surface area contributed by atoms with Crippen LogP contribution in [0.5, 0.6) is 0 Å². The minimum absolute atomic E-state index is 0.0119. The van der Waals surface area contributed by atoms with Crippen molar-refractivity contribution in [2.24, 2.45) is 0 Å². The highest BCUT2D eigenvalue weighted by molar-refractivity contribution is 9.10. The van der Waals surface area contributed by atoms with Gasteiger partial charge in [-0.05, 0) is 15.9 Å². The molecule has 1 aliphatic rings. The van der Waals surface area contributed by atoms with Crippen molar-refractivity contribution in [3.8, 4) is 0 Å². The van der Waals surface area contributed by atoms with Crippen LogP contribution in [-0.2, 0) is 17.9 Å². The van der Waals surface area contributed by atoms with Gasteiger partial charge in [0.2, 0.25) is 5.91 Å². The Labute approximate surface area is 100.0 Å². The molecule has 1 aliphatic heterocycles. The first-order valence-corrected chi connectivity index (χ1v) is 5.53. The van der Waals surface area contributed by atoms with Gasteiger partial charge in [0.25, 0.3) is 0 Å². The normalized spacial score (nSPS) is 14.8. The average molecular weight is 288 g/mol. The molecule has 0 fully saturated rings. The molecule has 0 saturated carbocycles. The van der Waals surface area contributed by atoms with E-state index in [2.05, 4.69) is 20.9 Å². The molecule has 16 heavy (non-hydrogen) atoms. The number of hydrogen-bond donors (Lipinski definition) is 1. The lowest BCUT2D eigenvalue weighted by atomic mass is 10.2. The van der Waals surface area contributed by atoms with E-state index in [1.807, 2.05) is 0 Å². The quantitative estimate of drug-likeness (QED) is 0.825. The van der Waals surface area contributed by atoms with Crippen molar-refractivity contribution >= 4 is 27.8 Å². The number of carboxylic acids is 1. The third-order valence-corrected chi connectivity index (χ3v) is 3.21. The fraction of sp³-hybridized carbons (Fsp3) is 0.444. The number of aromatic nitrogens is 2. The van der Waals surface area contributed by atoms with Crippen LogP contribution in [0.4, 0.5) is 0 Å². The Hall–Kier alpha value is -1.37. The summed E-state index contributed by atoms with van der Waals surface area (Å²) in [5, 5.41) is 8.98. The first-order chi connectivity index (χ1) is 7.50. The van der Waals surface area contributed by atoms with Crippen LogP contribution in [-0.4, -0.2) is 38.0 Å². The van der Waals surface area contributed by atoms with Gasteiger partial charge in [-0.15, -0.1) is 0 Å². The molecule has 1 aromatic heterocycles. The summed E-state index contributed by atoms with van der Waals surface area (Å²) >= 11 is 3.21. The van der Waals surface area contributed by atoms with Gasteiger partial charge in [-0.25, -0.2) is 9.78 Å². The molecule has 2 heterocycles. The SMILES string of the molecule is CC(=O)N1CCn2c(Br)nc(C(=O)O)c2C1. The maximum atomic E-state index is 11.2. The molecule has 0 atom stereocenters. The van der Waals surface area contributed by atoms with E-state index in [1.54, 1.807) is 9.47 Å². The molecule has 0 aromatic carbocycles. The number of imidazole rings is 1. The molecule has 0 spiro atoms. The molecule has 0 aliphatic carbocycles. The van der Waals surface area contributed by atoms with Gasteiger partial charge in [-0.3, -0.25) is 4.79 Å². The van der Waals surface area contributed by atoms with Crippen LogP contribution in [0.25, 0.3) is 0 Å². The highest BCUT2D eigenvalue weighted by Gasteiger charge is 2.27. The number of carboxylic acid groups (broad SMARTS) is 1. The van der Waals surface area contributed by atoms with Gasteiger partial charge in [0, 0.05) is 20.0 Å². The van der Waals surface area contributed by atoms with Crippen molar-refractivity contribution in [1.29, 1.82) is 0 Å². The molecule has 2 rings (SSSR count). The van der Waals surface area contributed by atoms with Crippen molar-refractivity contribution in [3.05, 3.63) is 16.1 Å². The molecule has 7 heteroatoms. The second kappa shape index (κ2) is 3.89. The van der Waals surface area contributed by atoms with E-state index in [0.29, 0.717) is 30.1 Å². The molecule has 0 unspecified atom stereocenters. The largest absolute Gasteiger partial charge is 0.476 e. The zero-order chi connectivity index (χ0) is 11.9. The summed E-state index contributed by atoms with van der Waals surface area (Å²) in [4.78, 5) is 27.7. The van der Waals surface area contributed by atoms with Gasteiger partial charge in [0.15, 0.2) is 10.4 Å². The van der Waals surface area contributed by atoms with Crippen molar-refractivity contribution in [1.82, 2.24) is 14.5 Å². The number of amides is 1. The van der Waals surface area contributed by atoms with Crippen LogP contribution < -0.4 is 0 Å². The summed E-state index contributed by atoms with van der Waals surface area (Å²) < 4.78 is 2.28. The molecular formula is C9H10BrN3O3. The molecular weight excluding hydrogens is 278 g/mol. The lowest BCUT2D eigenvalue weighted by Crippen LogP contribution is -2.37. The second-order valence-electron chi connectivity index (χ2n) is 3.57. The van der Waals surface area contributed by atoms with E-state index >= 15 is 0 Å². The maximum absolute atomic E-state index is 11.2. The topological polar surface area (TPSA) is 75.4 Å². The van der Waals surface area contributed by atoms with Gasteiger partial charge in [-0.1, -0.05) is 0 Å². The summed E-state index contributed by atoms with van der Waals surface area (Å²) in [6, 6.07) is 0. The van der Waals surface area contributed by atoms with Crippen LogP contribution in [0.3, 0.4) is 0 Å². The number of hydrogen-bond acceptors (Lipinski definition) is 3. The Kier molecular flexibility index (Phi) is 2.71. The second-order valence-corrected chi connectivity index (χ2v) is 4.28. The fourth-order valence-corrected chi connectivity index (χ4v) is 2.33. The maximum Gasteiger partial charge on any atom is 0.356 e. The highest BCUT2D eigenvalue weighted by Crippen LogP contribution is 2.22. The van der Waals surface area contributed by atoms with Crippen LogP contribution >= 0.6 is 15.9 Å². The van der Waals surface area contributed by atoms with Crippen LogP contribution in [0.1, 0.15) is 23.1 Å². The Morgan fingerprint density at radius 3 is 2.69 bits per heavy atom. The zero-order valence-corrected chi connectivity index (χ0v) is 10.2. The number of nitrogens with zero attached hydrogens (tertiary/aromatic N) is 3. The molecule has 0 saturated heterocycles. The van der Waals surface area contributed by atoms with Crippen molar-refractivity contribution in [3.63, 3.8) is 0 Å². The standard InChI is InChI=1S/C9H10BrN3O3/c1-5(14)12-2-3-13-6(4-12)7(8(15)16)11-9(13)10/h2-4H2,1H3,(H,15,16). The van der Waals surface area contributed by atoms with E-state index in [4.69, 9.17) is 5.11 Å². The summed E-state index contributed by atoms with van der Waals surface area (Å²) in [6.07, 6.45) is 0. The Morgan fingerprint density at radius 1 is 1.44 bits per heavy atom. The first kappa shape index (κ1) is 11.1. The number of aromatic carboxylic acids is 1. The van der Waals surface area contributed by atoms with Crippen LogP contribution in [0.15, 0.2) is 4.73 Å². The molecule has 0 bridgehead atoms. The molecule has 86 valence electrons. The van der Waals surface area contributed by atoms with E-state index in [1.165, 1.54) is 6.92 Å². The lowest BCUT2D eigenvalue weighted by molar-refractivity contribution is -0.130. The zero-order valence-electron chi connectivity index (χ0n) is 8.60. The summed E-state index contributed by atoms with van der Waals surface area (Å²) in [5.41, 5.74) is 0.582. The predicted molar refractivity (Wildman–Crippen MR) is 58.0 cm³/mol. The summed E-state index contributed by atoms with van der Waals surface area (Å²) in [7, 11) is 0. The van der Waals surface area contributed by atoms with E-state index in [0.717, 1.165) is 0 Å². The van der Waals surface area contributed by atoms with Crippen molar-refractivity contribution < 1.29 is 14.7 Å². The minimum atomic E-state index is -1.07. The van der Waals surface area contributed by atoms with E-state index in [9.17, 15) is 9.59 Å². The minimum Gasteiger partial charge on any atom is -0.476 e. The van der Waals surface area contributed by atoms with E-state index < -0.39 is 5.97 Å². The monoisotopic (exact) mass is 287 g/mol. The lowest BCUT2D eigenvalue weighted by Gasteiger charge is -2.27. The smallest absolute Gasteiger partial charge is 0.356 e. The van der Waals surface area contributed by atoms with Crippen LogP contribution in [0, 0.1) is 0 Å². The van der Waals surface area contributed by atoms with Gasteiger partial charge in [-0.2, -0.15) is 0 Å². The van der Waals surface area contributed by atoms with E-state index in [-0.39, 0.29) is 11.6 Å². The van der Waals surface area contributed by atoms with Gasteiger partial charge >= 0.3 is 5.97 Å². The Morgan fingerprint density at radius 2 is 2.12 bits per heavy atom. The van der Waals surface area contributed by atoms with Crippen molar-refractivity contribution in [2.45, 2.75) is 20.0 Å². The van der Waals surface area contributed by atoms with Crippen molar-refractivity contribution in [2.75, 3.05) is 6.54 Å². The number of carbonyl (C=O) groups excluding carboxylic acids is 1. The number of rotatable bonds is 1. The average Bonchev–Trinajstić information content (AvgIpc) is 2.56. The molecule has 6 nitrogen and oxygen atoms in total. The number of halogens is 1. The Bertz CT molecular complexity index is 469. The van der Waals surface area contributed by atoms with Gasteiger partial charge < -0.3 is 14.6 Å². The summed E-state index contributed by atoms with van der Waals surface area (Å²) in [6.45, 7) is 2.92. The van der Waals surface area contributed by atoms with Gasteiger partial charge in [0.05, 0.1) is 12.2 Å². The first-order valence-electron chi connectivity index (χ1n) is 4.74. The molecule has 0 radical (unpaired) electrons. The third kappa shape index (κ3) is 1.71. The number of carbonyl (C=O) groups is 2. The Balaban J connectivity index is 2.42. The molecule has 1 aromatic rings. The summed E-state index contributed by atoms with van der Waals surface area (Å²) in [5.74, 6) is -1.13. The predicted octanol–water partition coefficient (Wildman–Crippen LogP) is 0.706. The van der Waals surface area contributed by atoms with Crippen LogP contribution in [0.2, 0.25) is 0 Å². The highest BCUT2D eigenvalue weighted by atomic mass is 79.9. The van der Waals surface area contributed by atoms with Gasteiger partial charge in [0.1, 0.15) is 0 Å². The molecule has 1 N–H and O–H groups in total.